The van der Waals surface area contributed by atoms with Crippen molar-refractivity contribution < 1.29 is 23.5 Å². The maximum absolute atomic E-state index is 12.0. The number of aryl methyl sites for hydroxylation is 1. The summed E-state index contributed by atoms with van der Waals surface area (Å²) in [5.74, 6) is 2.04. The Morgan fingerprint density at radius 3 is 2.75 bits per heavy atom. The van der Waals surface area contributed by atoms with Crippen LogP contribution in [0.1, 0.15) is 21.9 Å². The van der Waals surface area contributed by atoms with Crippen LogP contribution in [0.25, 0.3) is 0 Å². The lowest BCUT2D eigenvalue weighted by Crippen LogP contribution is -2.14. The molecule has 0 spiro atoms. The summed E-state index contributed by atoms with van der Waals surface area (Å²) in [6.07, 6.45) is 0. The second-order valence-electron chi connectivity index (χ2n) is 4.95. The molecule has 0 unspecified atom stereocenters. The molecule has 0 radical (unpaired) electrons. The van der Waals surface area contributed by atoms with Crippen LogP contribution >= 0.6 is 11.8 Å². The fraction of sp³-hybridized carbons (Fsp3) is 0.294. The summed E-state index contributed by atoms with van der Waals surface area (Å²) < 4.78 is 15.3. The Morgan fingerprint density at radius 1 is 1.25 bits per heavy atom. The lowest BCUT2D eigenvalue weighted by Gasteiger charge is -2.06. The topological polar surface area (TPSA) is 77.8 Å². The molecule has 0 fully saturated rings. The number of esters is 1. The van der Waals surface area contributed by atoms with Crippen LogP contribution in [0.3, 0.4) is 0 Å². The Bertz CT molecular complexity index is 726. The van der Waals surface area contributed by atoms with Gasteiger partial charge in [0.05, 0.1) is 25.7 Å². The third kappa shape index (κ3) is 4.79. The van der Waals surface area contributed by atoms with Gasteiger partial charge in [0.25, 0.3) is 0 Å². The van der Waals surface area contributed by atoms with Crippen LogP contribution in [0.2, 0.25) is 0 Å². The van der Waals surface area contributed by atoms with Gasteiger partial charge in [-0.2, -0.15) is 0 Å². The minimum Gasteiger partial charge on any atom is -0.497 e. The number of methoxy groups -OCH3 is 2. The number of nitrogens with one attached hydrogen (secondary N) is 1. The molecule has 2 rings (SSSR count). The number of carbonyl (C=O) groups is 2. The number of hydrogen-bond acceptors (Lipinski definition) is 6. The average molecular weight is 349 g/mol. The number of carbonyl (C=O) groups excluding carboxylic acids is 2. The van der Waals surface area contributed by atoms with E-state index in [1.807, 2.05) is 12.1 Å². The van der Waals surface area contributed by atoms with Crippen molar-refractivity contribution >= 4 is 29.3 Å². The van der Waals surface area contributed by atoms with E-state index in [0.717, 1.165) is 0 Å². The van der Waals surface area contributed by atoms with Gasteiger partial charge in [0.1, 0.15) is 22.8 Å². The van der Waals surface area contributed by atoms with Crippen LogP contribution < -0.4 is 10.1 Å². The van der Waals surface area contributed by atoms with Crippen molar-refractivity contribution in [2.45, 2.75) is 12.7 Å². The first-order chi connectivity index (χ1) is 11.5. The van der Waals surface area contributed by atoms with Gasteiger partial charge in [0.15, 0.2) is 0 Å². The van der Waals surface area contributed by atoms with Gasteiger partial charge in [0, 0.05) is 11.8 Å². The number of hydrogen-bond donors (Lipinski definition) is 1. The summed E-state index contributed by atoms with van der Waals surface area (Å²) in [5.41, 5.74) is 1.09. The summed E-state index contributed by atoms with van der Waals surface area (Å²) in [7, 11) is 2.90. The van der Waals surface area contributed by atoms with E-state index in [9.17, 15) is 9.59 Å². The zero-order valence-corrected chi connectivity index (χ0v) is 14.6. The highest BCUT2D eigenvalue weighted by molar-refractivity contribution is 7.99. The van der Waals surface area contributed by atoms with Gasteiger partial charge >= 0.3 is 5.97 Å². The molecule has 0 bridgehead atoms. The maximum Gasteiger partial charge on any atom is 0.341 e. The fourth-order valence-corrected chi connectivity index (χ4v) is 2.77. The van der Waals surface area contributed by atoms with Crippen molar-refractivity contribution in [2.75, 3.05) is 25.3 Å². The van der Waals surface area contributed by atoms with Crippen LogP contribution in [0.5, 0.6) is 5.75 Å². The van der Waals surface area contributed by atoms with Crippen molar-refractivity contribution in [1.82, 2.24) is 0 Å². The van der Waals surface area contributed by atoms with Crippen LogP contribution in [0.15, 0.2) is 34.7 Å². The van der Waals surface area contributed by atoms with Gasteiger partial charge in [-0.3, -0.25) is 4.79 Å². The molecule has 2 aromatic rings. The largest absolute Gasteiger partial charge is 0.497 e. The summed E-state index contributed by atoms with van der Waals surface area (Å²) in [6, 6.07) is 8.81. The molecular formula is C17H19NO5S. The minimum atomic E-state index is -0.428. The molecule has 24 heavy (non-hydrogen) atoms. The van der Waals surface area contributed by atoms with Crippen molar-refractivity contribution in [3.8, 4) is 5.75 Å². The van der Waals surface area contributed by atoms with E-state index in [0.29, 0.717) is 34.3 Å². The number of ether oxygens (including phenoxy) is 2. The summed E-state index contributed by atoms with van der Waals surface area (Å²) in [5, 5.41) is 2.80. The first-order valence-electron chi connectivity index (χ1n) is 7.22. The summed E-state index contributed by atoms with van der Waals surface area (Å²) in [4.78, 5) is 23.5. The molecule has 128 valence electrons. The van der Waals surface area contributed by atoms with Crippen LogP contribution in [0.4, 0.5) is 5.69 Å². The smallest absolute Gasteiger partial charge is 0.341 e. The summed E-state index contributed by atoms with van der Waals surface area (Å²) in [6.45, 7) is 1.70. The monoisotopic (exact) mass is 349 g/mol. The van der Waals surface area contributed by atoms with Gasteiger partial charge in [0.2, 0.25) is 5.91 Å². The molecule has 0 atom stereocenters. The highest BCUT2D eigenvalue weighted by Crippen LogP contribution is 2.21. The predicted molar refractivity (Wildman–Crippen MR) is 92.6 cm³/mol. The number of benzene rings is 1. The van der Waals surface area contributed by atoms with Crippen molar-refractivity contribution in [2.24, 2.45) is 0 Å². The van der Waals surface area contributed by atoms with Crippen LogP contribution in [0, 0.1) is 6.92 Å². The van der Waals surface area contributed by atoms with Gasteiger partial charge in [-0.05, 0) is 25.1 Å². The van der Waals surface area contributed by atoms with E-state index in [1.54, 1.807) is 32.2 Å². The molecule has 7 heteroatoms. The molecule has 1 aromatic heterocycles. The van der Waals surface area contributed by atoms with Crippen LogP contribution in [-0.2, 0) is 15.3 Å². The molecular weight excluding hydrogens is 330 g/mol. The second-order valence-corrected chi connectivity index (χ2v) is 5.93. The van der Waals surface area contributed by atoms with E-state index in [1.165, 1.54) is 18.9 Å². The lowest BCUT2D eigenvalue weighted by molar-refractivity contribution is -0.113. The standard InChI is InChI=1S/C17H19NO5S/c1-11-15(17(20)22-3)8-14(23-11)9-24-10-16(19)18-12-5-4-6-13(7-12)21-2/h4-8H,9-10H2,1-3H3,(H,18,19). The molecule has 0 saturated carbocycles. The highest BCUT2D eigenvalue weighted by atomic mass is 32.2. The third-order valence-corrected chi connectivity index (χ3v) is 4.16. The lowest BCUT2D eigenvalue weighted by atomic mass is 10.2. The first kappa shape index (κ1) is 17.9. The van der Waals surface area contributed by atoms with Gasteiger partial charge in [-0.15, -0.1) is 11.8 Å². The van der Waals surface area contributed by atoms with E-state index in [2.05, 4.69) is 10.1 Å². The number of thioether (sulfide) groups is 1. The van der Waals surface area contributed by atoms with Crippen molar-refractivity contribution in [1.29, 1.82) is 0 Å². The molecule has 1 amide bonds. The molecule has 0 saturated heterocycles. The third-order valence-electron chi connectivity index (χ3n) is 3.21. The first-order valence-corrected chi connectivity index (χ1v) is 8.38. The Labute approximate surface area is 144 Å². The van der Waals surface area contributed by atoms with Gasteiger partial charge in [-0.25, -0.2) is 4.79 Å². The second kappa shape index (κ2) is 8.44. The Kier molecular flexibility index (Phi) is 6.31. The number of anilines is 1. The number of rotatable bonds is 7. The highest BCUT2D eigenvalue weighted by Gasteiger charge is 2.15. The predicted octanol–water partition coefficient (Wildman–Crippen LogP) is 3.26. The molecule has 6 nitrogen and oxygen atoms in total. The van der Waals surface area contributed by atoms with Crippen molar-refractivity contribution in [3.63, 3.8) is 0 Å². The molecule has 0 aliphatic carbocycles. The molecule has 1 aromatic carbocycles. The van der Waals surface area contributed by atoms with E-state index < -0.39 is 5.97 Å². The zero-order valence-electron chi connectivity index (χ0n) is 13.8. The Hall–Kier alpha value is -2.41. The van der Waals surface area contributed by atoms with E-state index >= 15 is 0 Å². The normalized spacial score (nSPS) is 10.3. The summed E-state index contributed by atoms with van der Waals surface area (Å²) >= 11 is 1.40. The van der Waals surface area contributed by atoms with E-state index in [-0.39, 0.29) is 11.7 Å². The number of amides is 1. The van der Waals surface area contributed by atoms with Gasteiger partial charge in [-0.1, -0.05) is 6.07 Å². The maximum atomic E-state index is 12.0. The quantitative estimate of drug-likeness (QED) is 0.773. The van der Waals surface area contributed by atoms with Crippen molar-refractivity contribution in [3.05, 3.63) is 47.4 Å². The Balaban J connectivity index is 1.83. The SMILES string of the molecule is COC(=O)c1cc(CSCC(=O)Nc2cccc(OC)c2)oc1C. The van der Waals surface area contributed by atoms with E-state index in [4.69, 9.17) is 9.15 Å². The average Bonchev–Trinajstić information content (AvgIpc) is 2.95. The Morgan fingerprint density at radius 2 is 2.04 bits per heavy atom. The van der Waals surface area contributed by atoms with Crippen LogP contribution in [-0.4, -0.2) is 31.8 Å². The minimum absolute atomic E-state index is 0.121. The fourth-order valence-electron chi connectivity index (χ4n) is 2.07. The molecule has 1 heterocycles. The van der Waals surface area contributed by atoms with Gasteiger partial charge < -0.3 is 19.2 Å². The molecule has 0 aliphatic rings. The number of furan rings is 1. The molecule has 1 N–H and O–H groups in total. The molecule has 0 aliphatic heterocycles. The zero-order chi connectivity index (χ0) is 17.5.